The van der Waals surface area contributed by atoms with Crippen molar-refractivity contribution in [3.05, 3.63) is 59.2 Å². The van der Waals surface area contributed by atoms with Crippen molar-refractivity contribution >= 4 is 0 Å². The fourth-order valence-corrected chi connectivity index (χ4v) is 6.47. The van der Waals surface area contributed by atoms with Gasteiger partial charge in [0.15, 0.2) is 0 Å². The predicted molar refractivity (Wildman–Crippen MR) is 131 cm³/mol. The molecule has 0 aromatic heterocycles. The summed E-state index contributed by atoms with van der Waals surface area (Å²) in [5, 5.41) is 0. The summed E-state index contributed by atoms with van der Waals surface area (Å²) >= 11 is 0. The molecule has 2 aliphatic rings. The number of hydrogen-bond acceptors (Lipinski definition) is 0. The summed E-state index contributed by atoms with van der Waals surface area (Å²) in [5.74, 6) is 1.97. The first-order chi connectivity index (χ1) is 15.6. The molecule has 4 rings (SSSR count). The van der Waals surface area contributed by atoms with E-state index in [1.807, 2.05) is 24.3 Å². The van der Waals surface area contributed by atoms with Gasteiger partial charge in [-0.2, -0.15) is 0 Å². The number of aryl methyl sites for hydroxylation is 1. The van der Waals surface area contributed by atoms with E-state index in [1.54, 1.807) is 12.1 Å². The maximum Gasteiger partial charge on any atom is 0.134 e. The zero-order valence-electron chi connectivity index (χ0n) is 20.0. The molecule has 2 heteroatoms. The summed E-state index contributed by atoms with van der Waals surface area (Å²) < 4.78 is 30.2. The van der Waals surface area contributed by atoms with Crippen molar-refractivity contribution in [2.24, 2.45) is 17.8 Å². The molecule has 2 aliphatic carbocycles. The summed E-state index contributed by atoms with van der Waals surface area (Å²) in [6.07, 6.45) is 15.0. The van der Waals surface area contributed by atoms with Gasteiger partial charge < -0.3 is 0 Å². The summed E-state index contributed by atoms with van der Waals surface area (Å²) in [5.41, 5.74) is 2.84. The molecule has 2 saturated carbocycles. The van der Waals surface area contributed by atoms with Crippen LogP contribution >= 0.6 is 0 Å². The van der Waals surface area contributed by atoms with E-state index in [-0.39, 0.29) is 5.56 Å². The normalized spacial score (nSPS) is 25.5. The van der Waals surface area contributed by atoms with Gasteiger partial charge in [-0.3, -0.25) is 0 Å². The summed E-state index contributed by atoms with van der Waals surface area (Å²) in [4.78, 5) is 0. The highest BCUT2D eigenvalue weighted by molar-refractivity contribution is 5.65. The molecule has 0 saturated heterocycles. The molecule has 0 spiro atoms. The van der Waals surface area contributed by atoms with Gasteiger partial charge in [-0.05, 0) is 91.0 Å². The van der Waals surface area contributed by atoms with Crippen LogP contribution in [0.15, 0.2) is 36.4 Å². The van der Waals surface area contributed by atoms with Gasteiger partial charge in [0.1, 0.15) is 11.6 Å². The number of halogens is 2. The first-order valence-corrected chi connectivity index (χ1v) is 13.2. The maximum atomic E-state index is 15.1. The Balaban J connectivity index is 1.42. The number of fused-ring (bicyclic) bond motifs is 1. The molecule has 0 N–H and O–H groups in total. The molecule has 4 unspecified atom stereocenters. The summed E-state index contributed by atoms with van der Waals surface area (Å²) in [7, 11) is 0. The Morgan fingerprint density at radius 3 is 2.16 bits per heavy atom. The number of hydrogen-bond donors (Lipinski definition) is 0. The van der Waals surface area contributed by atoms with Gasteiger partial charge in [0.2, 0.25) is 0 Å². The lowest BCUT2D eigenvalue weighted by Gasteiger charge is -2.42. The third kappa shape index (κ3) is 5.43. The zero-order chi connectivity index (χ0) is 22.5. The van der Waals surface area contributed by atoms with Crippen LogP contribution in [0.2, 0.25) is 0 Å². The van der Waals surface area contributed by atoms with Crippen molar-refractivity contribution in [2.45, 2.75) is 96.8 Å². The van der Waals surface area contributed by atoms with Crippen molar-refractivity contribution in [1.82, 2.24) is 0 Å². The third-order valence-corrected chi connectivity index (χ3v) is 8.25. The molecule has 32 heavy (non-hydrogen) atoms. The van der Waals surface area contributed by atoms with Gasteiger partial charge in [-0.25, -0.2) is 8.78 Å². The Morgan fingerprint density at radius 2 is 1.47 bits per heavy atom. The first kappa shape index (κ1) is 23.5. The second-order valence-electron chi connectivity index (χ2n) is 10.5. The lowest BCUT2D eigenvalue weighted by molar-refractivity contribution is 0.113. The number of rotatable bonds is 8. The average Bonchev–Trinajstić information content (AvgIpc) is 2.80. The van der Waals surface area contributed by atoms with Gasteiger partial charge >= 0.3 is 0 Å². The monoisotopic (exact) mass is 438 g/mol. The van der Waals surface area contributed by atoms with Gasteiger partial charge in [0, 0.05) is 0 Å². The summed E-state index contributed by atoms with van der Waals surface area (Å²) in [6.45, 7) is 4.41. The van der Waals surface area contributed by atoms with E-state index in [4.69, 9.17) is 0 Å². The number of benzene rings is 2. The predicted octanol–water partition coefficient (Wildman–Crippen LogP) is 9.46. The SMILES string of the molecule is CCCCCC1CCC2CC(c3cc(F)c(-c4ccc(CCC)cc4)c(F)c3)CCC2C1. The minimum Gasteiger partial charge on any atom is -0.206 e. The second kappa shape index (κ2) is 10.9. The van der Waals surface area contributed by atoms with Crippen LogP contribution in [0.5, 0.6) is 0 Å². The molecule has 2 aromatic rings. The molecule has 4 atom stereocenters. The van der Waals surface area contributed by atoms with Crippen LogP contribution in [0.25, 0.3) is 11.1 Å². The van der Waals surface area contributed by atoms with Crippen LogP contribution in [-0.4, -0.2) is 0 Å². The molecule has 2 aromatic carbocycles. The molecule has 0 heterocycles. The Kier molecular flexibility index (Phi) is 8.02. The van der Waals surface area contributed by atoms with Crippen molar-refractivity contribution in [1.29, 1.82) is 0 Å². The van der Waals surface area contributed by atoms with E-state index in [0.717, 1.165) is 49.0 Å². The van der Waals surface area contributed by atoms with Crippen LogP contribution in [0, 0.1) is 29.4 Å². The highest BCUT2D eigenvalue weighted by atomic mass is 19.1. The standard InChI is InChI=1S/C30H40F2/c1-3-5-6-8-22-11-14-25-18-26(16-15-24(25)17-22)27-19-28(31)30(29(32)20-27)23-12-9-21(7-4-2)10-13-23/h9-10,12-13,19-20,22,24-26H,3-8,11,14-18H2,1-2H3. The Morgan fingerprint density at radius 1 is 0.781 bits per heavy atom. The van der Waals surface area contributed by atoms with Gasteiger partial charge in [0.05, 0.1) is 5.56 Å². The van der Waals surface area contributed by atoms with E-state index in [1.165, 1.54) is 56.9 Å². The first-order valence-electron chi connectivity index (χ1n) is 13.2. The zero-order valence-corrected chi connectivity index (χ0v) is 20.0. The second-order valence-corrected chi connectivity index (χ2v) is 10.5. The molecular weight excluding hydrogens is 398 g/mol. The van der Waals surface area contributed by atoms with Crippen molar-refractivity contribution < 1.29 is 8.78 Å². The molecule has 174 valence electrons. The van der Waals surface area contributed by atoms with Gasteiger partial charge in [-0.1, -0.05) is 76.6 Å². The third-order valence-electron chi connectivity index (χ3n) is 8.25. The Hall–Kier alpha value is -1.70. The van der Waals surface area contributed by atoms with Crippen molar-refractivity contribution in [2.75, 3.05) is 0 Å². The lowest BCUT2D eigenvalue weighted by atomic mass is 9.63. The summed E-state index contributed by atoms with van der Waals surface area (Å²) in [6, 6.07) is 10.9. The van der Waals surface area contributed by atoms with Crippen LogP contribution in [0.4, 0.5) is 8.78 Å². The average molecular weight is 439 g/mol. The maximum absolute atomic E-state index is 15.1. The molecular formula is C30H40F2. The Bertz CT molecular complexity index is 846. The van der Waals surface area contributed by atoms with Crippen LogP contribution < -0.4 is 0 Å². The van der Waals surface area contributed by atoms with E-state index in [2.05, 4.69) is 13.8 Å². The van der Waals surface area contributed by atoms with Crippen LogP contribution in [0.3, 0.4) is 0 Å². The topological polar surface area (TPSA) is 0 Å². The van der Waals surface area contributed by atoms with Crippen molar-refractivity contribution in [3.8, 4) is 11.1 Å². The molecule has 2 fully saturated rings. The highest BCUT2D eigenvalue weighted by Crippen LogP contribution is 2.48. The van der Waals surface area contributed by atoms with E-state index >= 15 is 8.78 Å². The minimum absolute atomic E-state index is 0.123. The largest absolute Gasteiger partial charge is 0.206 e. The van der Waals surface area contributed by atoms with Gasteiger partial charge in [-0.15, -0.1) is 0 Å². The smallest absolute Gasteiger partial charge is 0.134 e. The number of unbranched alkanes of at least 4 members (excludes halogenated alkanes) is 2. The van der Waals surface area contributed by atoms with Crippen LogP contribution in [-0.2, 0) is 6.42 Å². The highest BCUT2D eigenvalue weighted by Gasteiger charge is 2.36. The van der Waals surface area contributed by atoms with Gasteiger partial charge in [0.25, 0.3) is 0 Å². The Labute approximate surface area is 193 Å². The van der Waals surface area contributed by atoms with E-state index < -0.39 is 11.6 Å². The molecule has 0 nitrogen and oxygen atoms in total. The minimum atomic E-state index is -0.412. The van der Waals surface area contributed by atoms with Crippen molar-refractivity contribution in [3.63, 3.8) is 0 Å². The van der Waals surface area contributed by atoms with E-state index in [9.17, 15) is 0 Å². The lowest BCUT2D eigenvalue weighted by Crippen LogP contribution is -2.30. The van der Waals surface area contributed by atoms with Crippen LogP contribution in [0.1, 0.15) is 102 Å². The van der Waals surface area contributed by atoms with E-state index in [0.29, 0.717) is 11.5 Å². The molecule has 0 radical (unpaired) electrons. The molecule has 0 amide bonds. The quantitative estimate of drug-likeness (QED) is 0.360. The molecule has 0 bridgehead atoms. The molecule has 0 aliphatic heterocycles. The fraction of sp³-hybridized carbons (Fsp3) is 0.600. The fourth-order valence-electron chi connectivity index (χ4n) is 6.47.